The normalized spacial score (nSPS) is 19.3. The van der Waals surface area contributed by atoms with Gasteiger partial charge >= 0.3 is 0 Å². The SMILES string of the molecule is CCc1noc(-c2cccc(N3C(N)=NC(N)=NC34CCCCC4)c2)n1. The van der Waals surface area contributed by atoms with Crippen molar-refractivity contribution in [1.29, 1.82) is 0 Å². The number of aliphatic imine (C=N–C) groups is 2. The molecule has 0 bridgehead atoms. The van der Waals surface area contributed by atoms with Gasteiger partial charge in [0.2, 0.25) is 11.9 Å². The highest BCUT2D eigenvalue weighted by Gasteiger charge is 2.42. The highest BCUT2D eigenvalue weighted by Crippen LogP contribution is 2.40. The number of rotatable bonds is 3. The highest BCUT2D eigenvalue weighted by molar-refractivity contribution is 6.05. The van der Waals surface area contributed by atoms with Gasteiger partial charge in [0.15, 0.2) is 5.82 Å². The third-order valence-corrected chi connectivity index (χ3v) is 4.99. The van der Waals surface area contributed by atoms with Crippen molar-refractivity contribution in [2.75, 3.05) is 4.90 Å². The number of hydrogen-bond acceptors (Lipinski definition) is 8. The minimum absolute atomic E-state index is 0.251. The van der Waals surface area contributed by atoms with Crippen molar-refractivity contribution in [3.05, 3.63) is 30.1 Å². The predicted octanol–water partition coefficient (Wildman–Crippen LogP) is 2.41. The van der Waals surface area contributed by atoms with Crippen LogP contribution in [0.3, 0.4) is 0 Å². The van der Waals surface area contributed by atoms with Gasteiger partial charge in [0.05, 0.1) is 0 Å². The zero-order valence-corrected chi connectivity index (χ0v) is 14.9. The van der Waals surface area contributed by atoms with Crippen molar-refractivity contribution in [2.45, 2.75) is 51.1 Å². The van der Waals surface area contributed by atoms with Crippen molar-refractivity contribution in [3.63, 3.8) is 0 Å². The largest absolute Gasteiger partial charge is 0.369 e. The van der Waals surface area contributed by atoms with E-state index in [2.05, 4.69) is 15.1 Å². The van der Waals surface area contributed by atoms with Crippen molar-refractivity contribution >= 4 is 17.6 Å². The second kappa shape index (κ2) is 6.44. The Labute approximate surface area is 152 Å². The van der Waals surface area contributed by atoms with Crippen LogP contribution in [0.2, 0.25) is 0 Å². The molecule has 2 heterocycles. The standard InChI is InChI=1S/C18H23N7O/c1-2-14-21-15(26-24-14)12-7-6-8-13(11-12)25-17(20)22-16(19)23-18(25)9-4-3-5-10-18/h6-8,11H,2-5,9-10H2,1H3,(H4,19,20,22,23). The maximum Gasteiger partial charge on any atom is 0.257 e. The van der Waals surface area contributed by atoms with Gasteiger partial charge in [-0.1, -0.05) is 24.6 Å². The molecule has 1 spiro atoms. The van der Waals surface area contributed by atoms with Crippen LogP contribution in [0.4, 0.5) is 5.69 Å². The smallest absolute Gasteiger partial charge is 0.257 e. The van der Waals surface area contributed by atoms with Gasteiger partial charge in [0.25, 0.3) is 5.89 Å². The maximum absolute atomic E-state index is 6.29. The Morgan fingerprint density at radius 2 is 2.00 bits per heavy atom. The summed E-state index contributed by atoms with van der Waals surface area (Å²) in [7, 11) is 0. The van der Waals surface area contributed by atoms with Crippen LogP contribution in [0.5, 0.6) is 0 Å². The molecule has 8 nitrogen and oxygen atoms in total. The molecule has 0 radical (unpaired) electrons. The fraction of sp³-hybridized carbons (Fsp3) is 0.444. The van der Waals surface area contributed by atoms with Gasteiger partial charge in [0.1, 0.15) is 5.66 Å². The van der Waals surface area contributed by atoms with E-state index in [-0.39, 0.29) is 5.96 Å². The van der Waals surface area contributed by atoms with Crippen molar-refractivity contribution in [2.24, 2.45) is 21.5 Å². The molecule has 1 fully saturated rings. The average Bonchev–Trinajstić information content (AvgIpc) is 3.11. The lowest BCUT2D eigenvalue weighted by Gasteiger charge is -2.45. The van der Waals surface area contributed by atoms with Crippen LogP contribution in [-0.4, -0.2) is 27.7 Å². The number of hydrogen-bond donors (Lipinski definition) is 2. The molecular weight excluding hydrogens is 330 g/mol. The summed E-state index contributed by atoms with van der Waals surface area (Å²) in [6.45, 7) is 1.99. The van der Waals surface area contributed by atoms with Crippen LogP contribution in [0.25, 0.3) is 11.5 Å². The van der Waals surface area contributed by atoms with Gasteiger partial charge < -0.3 is 16.0 Å². The Balaban J connectivity index is 1.75. The van der Waals surface area contributed by atoms with Gasteiger partial charge in [-0.3, -0.25) is 4.90 Å². The molecule has 1 aliphatic carbocycles. The molecule has 8 heteroatoms. The Bertz CT molecular complexity index is 864. The van der Waals surface area contributed by atoms with E-state index in [1.54, 1.807) is 0 Å². The fourth-order valence-electron chi connectivity index (χ4n) is 3.79. The lowest BCUT2D eigenvalue weighted by molar-refractivity contribution is 0.305. The number of benzene rings is 1. The van der Waals surface area contributed by atoms with Gasteiger partial charge in [-0.2, -0.15) is 9.98 Å². The minimum Gasteiger partial charge on any atom is -0.369 e. The van der Waals surface area contributed by atoms with Crippen molar-refractivity contribution in [1.82, 2.24) is 10.1 Å². The molecular formula is C18H23N7O. The zero-order chi connectivity index (χ0) is 18.1. The molecule has 1 aliphatic heterocycles. The molecule has 4 rings (SSSR count). The van der Waals surface area contributed by atoms with Gasteiger partial charge in [0, 0.05) is 17.7 Å². The third kappa shape index (κ3) is 2.81. The quantitative estimate of drug-likeness (QED) is 0.874. The molecule has 0 saturated heterocycles. The van der Waals surface area contributed by atoms with Crippen molar-refractivity contribution in [3.8, 4) is 11.5 Å². The first kappa shape index (κ1) is 16.6. The molecule has 4 N–H and O–H groups in total. The number of anilines is 1. The van der Waals surface area contributed by atoms with E-state index in [4.69, 9.17) is 21.0 Å². The van der Waals surface area contributed by atoms with Crippen LogP contribution in [0.1, 0.15) is 44.9 Å². The summed E-state index contributed by atoms with van der Waals surface area (Å²) in [5, 5.41) is 3.97. The summed E-state index contributed by atoms with van der Waals surface area (Å²) >= 11 is 0. The summed E-state index contributed by atoms with van der Waals surface area (Å²) in [6.07, 6.45) is 5.90. The summed E-state index contributed by atoms with van der Waals surface area (Å²) < 4.78 is 5.38. The van der Waals surface area contributed by atoms with Crippen LogP contribution in [-0.2, 0) is 6.42 Å². The number of nitrogens with two attached hydrogens (primary N) is 2. The molecule has 26 heavy (non-hydrogen) atoms. The molecule has 0 amide bonds. The Kier molecular flexibility index (Phi) is 4.10. The summed E-state index contributed by atoms with van der Waals surface area (Å²) in [5.74, 6) is 1.81. The Morgan fingerprint density at radius 1 is 1.19 bits per heavy atom. The van der Waals surface area contributed by atoms with E-state index in [1.807, 2.05) is 36.1 Å². The minimum atomic E-state index is -0.462. The van der Waals surface area contributed by atoms with E-state index in [9.17, 15) is 0 Å². The Morgan fingerprint density at radius 3 is 2.73 bits per heavy atom. The Hall–Kier alpha value is -2.90. The van der Waals surface area contributed by atoms with Crippen molar-refractivity contribution < 1.29 is 4.52 Å². The first-order chi connectivity index (χ1) is 12.6. The molecule has 0 unspecified atom stereocenters. The molecule has 1 aromatic heterocycles. The van der Waals surface area contributed by atoms with Gasteiger partial charge in [-0.25, -0.2) is 4.99 Å². The number of nitrogens with zero attached hydrogens (tertiary/aromatic N) is 5. The predicted molar refractivity (Wildman–Crippen MR) is 101 cm³/mol. The molecule has 2 aromatic rings. The van der Waals surface area contributed by atoms with E-state index >= 15 is 0 Å². The van der Waals surface area contributed by atoms with Gasteiger partial charge in [-0.15, -0.1) is 0 Å². The summed E-state index contributed by atoms with van der Waals surface area (Å²) in [6, 6.07) is 7.88. The van der Waals surface area contributed by atoms with E-state index in [0.717, 1.165) is 43.4 Å². The van der Waals surface area contributed by atoms with Crippen LogP contribution in [0, 0.1) is 0 Å². The van der Waals surface area contributed by atoms with Crippen LogP contribution >= 0.6 is 0 Å². The number of aryl methyl sites for hydroxylation is 1. The zero-order valence-electron chi connectivity index (χ0n) is 14.9. The first-order valence-electron chi connectivity index (χ1n) is 9.04. The molecule has 1 saturated carbocycles. The average molecular weight is 353 g/mol. The molecule has 1 aromatic carbocycles. The maximum atomic E-state index is 6.29. The fourth-order valence-corrected chi connectivity index (χ4v) is 3.79. The topological polar surface area (TPSA) is 119 Å². The number of guanidine groups is 2. The van der Waals surface area contributed by atoms with Crippen LogP contribution in [0.15, 0.2) is 38.8 Å². The lowest BCUT2D eigenvalue weighted by Crippen LogP contribution is -2.58. The lowest BCUT2D eigenvalue weighted by atomic mass is 9.87. The summed E-state index contributed by atoms with van der Waals surface area (Å²) in [4.78, 5) is 15.3. The third-order valence-electron chi connectivity index (χ3n) is 4.99. The second-order valence-electron chi connectivity index (χ2n) is 6.74. The molecule has 0 atom stereocenters. The van der Waals surface area contributed by atoms with Crippen LogP contribution < -0.4 is 16.4 Å². The monoisotopic (exact) mass is 353 g/mol. The van der Waals surface area contributed by atoms with E-state index < -0.39 is 5.66 Å². The van der Waals surface area contributed by atoms with E-state index in [0.29, 0.717) is 17.7 Å². The number of aromatic nitrogens is 2. The van der Waals surface area contributed by atoms with E-state index in [1.165, 1.54) is 6.42 Å². The second-order valence-corrected chi connectivity index (χ2v) is 6.74. The first-order valence-corrected chi connectivity index (χ1v) is 9.04. The highest BCUT2D eigenvalue weighted by atomic mass is 16.5. The van der Waals surface area contributed by atoms with Gasteiger partial charge in [-0.05, 0) is 43.9 Å². The molecule has 136 valence electrons. The summed E-state index contributed by atoms with van der Waals surface area (Å²) in [5.41, 5.74) is 13.5. The molecule has 2 aliphatic rings.